The van der Waals surface area contributed by atoms with Crippen LogP contribution in [-0.2, 0) is 20.8 Å². The van der Waals surface area contributed by atoms with Gasteiger partial charge in [-0.05, 0) is 36.8 Å². The summed E-state index contributed by atoms with van der Waals surface area (Å²) in [5.41, 5.74) is 2.28. The standard InChI is InChI=1S/C16H18N2O3/c19-14-9-8-13(16(21)18-14)17-15(20)12-7-3-5-10-4-1-2-6-11(10)12/h1-2,4,6,12-13H,3,5,7-9H2,(H,17,20)(H,18,19,21)/t12?,13-/m1/s1. The highest BCUT2D eigenvalue weighted by atomic mass is 16.2. The van der Waals surface area contributed by atoms with Gasteiger partial charge < -0.3 is 5.32 Å². The van der Waals surface area contributed by atoms with Crippen LogP contribution < -0.4 is 10.6 Å². The number of rotatable bonds is 2. The van der Waals surface area contributed by atoms with Crippen LogP contribution in [0.4, 0.5) is 0 Å². The van der Waals surface area contributed by atoms with Crippen LogP contribution in [0.1, 0.15) is 42.7 Å². The third-order valence-corrected chi connectivity index (χ3v) is 4.24. The van der Waals surface area contributed by atoms with E-state index >= 15 is 0 Å². The second-order valence-corrected chi connectivity index (χ2v) is 5.66. The van der Waals surface area contributed by atoms with Crippen LogP contribution >= 0.6 is 0 Å². The molecule has 1 aromatic rings. The summed E-state index contributed by atoms with van der Waals surface area (Å²) in [6, 6.07) is 7.38. The SMILES string of the molecule is O=C1CC[C@@H](NC(=O)C2CCCc3ccccc32)C(=O)N1. The first-order chi connectivity index (χ1) is 10.1. The second kappa shape index (κ2) is 5.68. The number of hydrogen-bond donors (Lipinski definition) is 2. The number of amides is 3. The van der Waals surface area contributed by atoms with Crippen molar-refractivity contribution in [3.63, 3.8) is 0 Å². The van der Waals surface area contributed by atoms with E-state index in [-0.39, 0.29) is 24.2 Å². The minimum atomic E-state index is -0.593. The number of hydrogen-bond acceptors (Lipinski definition) is 3. The van der Waals surface area contributed by atoms with E-state index in [1.165, 1.54) is 5.56 Å². The zero-order valence-electron chi connectivity index (χ0n) is 11.7. The predicted molar refractivity (Wildman–Crippen MR) is 76.4 cm³/mol. The van der Waals surface area contributed by atoms with Crippen LogP contribution in [0.3, 0.4) is 0 Å². The van der Waals surface area contributed by atoms with Gasteiger partial charge in [0.05, 0.1) is 5.92 Å². The van der Waals surface area contributed by atoms with E-state index in [0.29, 0.717) is 6.42 Å². The van der Waals surface area contributed by atoms with Crippen LogP contribution in [0, 0.1) is 0 Å². The molecule has 2 aliphatic rings. The topological polar surface area (TPSA) is 75.3 Å². The fraction of sp³-hybridized carbons (Fsp3) is 0.438. The van der Waals surface area contributed by atoms with E-state index in [2.05, 4.69) is 16.7 Å². The lowest BCUT2D eigenvalue weighted by Crippen LogP contribution is -2.53. The zero-order chi connectivity index (χ0) is 14.8. The Morgan fingerprint density at radius 2 is 1.95 bits per heavy atom. The van der Waals surface area contributed by atoms with Gasteiger partial charge in [-0.2, -0.15) is 0 Å². The Labute approximate surface area is 123 Å². The first-order valence-corrected chi connectivity index (χ1v) is 7.37. The average Bonchev–Trinajstić information content (AvgIpc) is 2.49. The number of piperidine rings is 1. The molecule has 1 saturated heterocycles. The van der Waals surface area contributed by atoms with Gasteiger partial charge in [0, 0.05) is 6.42 Å². The molecule has 0 radical (unpaired) electrons. The van der Waals surface area contributed by atoms with E-state index in [4.69, 9.17) is 0 Å². The molecule has 0 spiro atoms. The van der Waals surface area contributed by atoms with Gasteiger partial charge in [0.25, 0.3) is 0 Å². The van der Waals surface area contributed by atoms with Gasteiger partial charge in [0.1, 0.15) is 6.04 Å². The monoisotopic (exact) mass is 286 g/mol. The Kier molecular flexibility index (Phi) is 3.73. The molecule has 21 heavy (non-hydrogen) atoms. The minimum absolute atomic E-state index is 0.114. The molecule has 110 valence electrons. The number of fused-ring (bicyclic) bond motifs is 1. The van der Waals surface area contributed by atoms with Gasteiger partial charge in [-0.1, -0.05) is 24.3 Å². The Balaban J connectivity index is 1.72. The van der Waals surface area contributed by atoms with Gasteiger partial charge in [0.2, 0.25) is 17.7 Å². The quantitative estimate of drug-likeness (QED) is 0.797. The van der Waals surface area contributed by atoms with Crippen molar-refractivity contribution >= 4 is 17.7 Å². The Morgan fingerprint density at radius 3 is 2.76 bits per heavy atom. The Bertz CT molecular complexity index is 597. The lowest BCUT2D eigenvalue weighted by Gasteiger charge is -2.28. The van der Waals surface area contributed by atoms with Crippen molar-refractivity contribution in [2.75, 3.05) is 0 Å². The molecule has 0 saturated carbocycles. The molecule has 1 fully saturated rings. The van der Waals surface area contributed by atoms with Crippen molar-refractivity contribution in [3.8, 4) is 0 Å². The highest BCUT2D eigenvalue weighted by Gasteiger charge is 2.32. The molecule has 1 aromatic carbocycles. The molecule has 5 nitrogen and oxygen atoms in total. The molecular formula is C16H18N2O3. The molecule has 2 N–H and O–H groups in total. The highest BCUT2D eigenvalue weighted by molar-refractivity contribution is 6.02. The van der Waals surface area contributed by atoms with Crippen LogP contribution in [0.2, 0.25) is 0 Å². The molecule has 1 heterocycles. The lowest BCUT2D eigenvalue weighted by atomic mass is 9.82. The van der Waals surface area contributed by atoms with Crippen LogP contribution in [-0.4, -0.2) is 23.8 Å². The number of carbonyl (C=O) groups is 3. The van der Waals surface area contributed by atoms with Gasteiger partial charge in [0.15, 0.2) is 0 Å². The van der Waals surface area contributed by atoms with E-state index < -0.39 is 11.9 Å². The summed E-state index contributed by atoms with van der Waals surface area (Å²) < 4.78 is 0. The van der Waals surface area contributed by atoms with Crippen molar-refractivity contribution in [2.45, 2.75) is 44.1 Å². The van der Waals surface area contributed by atoms with Crippen molar-refractivity contribution in [2.24, 2.45) is 0 Å². The normalized spacial score (nSPS) is 25.0. The summed E-state index contributed by atoms with van der Waals surface area (Å²) in [6.45, 7) is 0. The van der Waals surface area contributed by atoms with E-state index in [1.54, 1.807) is 0 Å². The Hall–Kier alpha value is -2.17. The zero-order valence-corrected chi connectivity index (χ0v) is 11.7. The summed E-state index contributed by atoms with van der Waals surface area (Å²) in [5.74, 6) is -0.978. The third kappa shape index (κ3) is 2.82. The van der Waals surface area contributed by atoms with Crippen molar-refractivity contribution in [1.82, 2.24) is 10.6 Å². The highest BCUT2D eigenvalue weighted by Crippen LogP contribution is 2.31. The maximum Gasteiger partial charge on any atom is 0.249 e. The molecule has 5 heteroatoms. The molecular weight excluding hydrogens is 268 g/mol. The van der Waals surface area contributed by atoms with Gasteiger partial charge in [-0.25, -0.2) is 0 Å². The largest absolute Gasteiger partial charge is 0.344 e. The maximum atomic E-state index is 12.5. The lowest BCUT2D eigenvalue weighted by molar-refractivity contribution is -0.137. The summed E-state index contributed by atoms with van der Waals surface area (Å²) in [5, 5.41) is 5.06. The molecule has 3 rings (SSSR count). The maximum absolute atomic E-state index is 12.5. The number of aryl methyl sites for hydroxylation is 1. The summed E-state index contributed by atoms with van der Waals surface area (Å²) in [6.07, 6.45) is 3.43. The Morgan fingerprint density at radius 1 is 1.14 bits per heavy atom. The molecule has 0 aromatic heterocycles. The molecule has 1 aliphatic heterocycles. The van der Waals surface area contributed by atoms with E-state index in [0.717, 1.165) is 24.8 Å². The molecule has 3 amide bonds. The van der Waals surface area contributed by atoms with Gasteiger partial charge in [-0.3, -0.25) is 19.7 Å². The molecule has 0 bridgehead atoms. The fourth-order valence-electron chi connectivity index (χ4n) is 3.13. The van der Waals surface area contributed by atoms with Gasteiger partial charge in [-0.15, -0.1) is 0 Å². The smallest absolute Gasteiger partial charge is 0.249 e. The van der Waals surface area contributed by atoms with Gasteiger partial charge >= 0.3 is 0 Å². The van der Waals surface area contributed by atoms with Crippen molar-refractivity contribution in [3.05, 3.63) is 35.4 Å². The number of nitrogens with one attached hydrogen (secondary N) is 2. The fourth-order valence-corrected chi connectivity index (χ4v) is 3.13. The first-order valence-electron chi connectivity index (χ1n) is 7.37. The predicted octanol–water partition coefficient (Wildman–Crippen LogP) is 1.03. The number of imide groups is 1. The number of carbonyl (C=O) groups excluding carboxylic acids is 3. The van der Waals surface area contributed by atoms with Crippen LogP contribution in [0.5, 0.6) is 0 Å². The molecule has 1 aliphatic carbocycles. The average molecular weight is 286 g/mol. The van der Waals surface area contributed by atoms with Crippen molar-refractivity contribution in [1.29, 1.82) is 0 Å². The first kappa shape index (κ1) is 13.8. The second-order valence-electron chi connectivity index (χ2n) is 5.66. The molecule has 1 unspecified atom stereocenters. The summed E-state index contributed by atoms with van der Waals surface area (Å²) in [7, 11) is 0. The third-order valence-electron chi connectivity index (χ3n) is 4.24. The minimum Gasteiger partial charge on any atom is -0.344 e. The van der Waals surface area contributed by atoms with Crippen LogP contribution in [0.25, 0.3) is 0 Å². The van der Waals surface area contributed by atoms with E-state index in [1.807, 2.05) is 18.2 Å². The van der Waals surface area contributed by atoms with Crippen LogP contribution in [0.15, 0.2) is 24.3 Å². The van der Waals surface area contributed by atoms with E-state index in [9.17, 15) is 14.4 Å². The number of benzene rings is 1. The van der Waals surface area contributed by atoms with Crippen molar-refractivity contribution < 1.29 is 14.4 Å². The summed E-state index contributed by atoms with van der Waals surface area (Å²) >= 11 is 0. The molecule has 2 atom stereocenters. The summed E-state index contributed by atoms with van der Waals surface area (Å²) in [4.78, 5) is 35.3.